The summed E-state index contributed by atoms with van der Waals surface area (Å²) in [4.78, 5) is 19.6. The van der Waals surface area contributed by atoms with Gasteiger partial charge in [0.15, 0.2) is 0 Å². The molecule has 4 rings (SSSR count). The van der Waals surface area contributed by atoms with Gasteiger partial charge < -0.3 is 4.90 Å². The maximum absolute atomic E-state index is 4.48. The molecule has 0 radical (unpaired) electrons. The summed E-state index contributed by atoms with van der Waals surface area (Å²) in [5, 5.41) is 1.04. The smallest absolute Gasteiger partial charge is 0.144 e. The van der Waals surface area contributed by atoms with Crippen LogP contribution in [0.2, 0.25) is 0 Å². The Morgan fingerprint density at radius 3 is 2.42 bits per heavy atom. The number of rotatable bonds is 4. The maximum Gasteiger partial charge on any atom is 0.144 e. The largest absolute Gasteiger partial charge is 0.329 e. The second-order valence-electron chi connectivity index (χ2n) is 6.27. The van der Waals surface area contributed by atoms with Gasteiger partial charge in [-0.05, 0) is 36.8 Å². The van der Waals surface area contributed by atoms with Crippen molar-refractivity contribution in [3.05, 3.63) is 84.2 Å². The highest BCUT2D eigenvalue weighted by molar-refractivity contribution is 5.91. The fourth-order valence-corrected chi connectivity index (χ4v) is 2.94. The standard InChI is InChI=1S/C21H19N5/c1-15-12-23-17(13-22-15)11-16-7-9-18(10-8-16)26(2)21-19-5-3-4-6-20(19)24-14-25-21/h3-10,12-14H,11H2,1-2H3. The summed E-state index contributed by atoms with van der Waals surface area (Å²) in [7, 11) is 2.02. The molecule has 0 aliphatic carbocycles. The molecule has 0 aliphatic heterocycles. The molecular weight excluding hydrogens is 322 g/mol. The lowest BCUT2D eigenvalue weighted by atomic mass is 10.1. The van der Waals surface area contributed by atoms with Crippen LogP contribution >= 0.6 is 0 Å². The first-order valence-electron chi connectivity index (χ1n) is 8.50. The van der Waals surface area contributed by atoms with Crippen molar-refractivity contribution in [3.8, 4) is 0 Å². The van der Waals surface area contributed by atoms with Crippen molar-refractivity contribution < 1.29 is 0 Å². The van der Waals surface area contributed by atoms with Crippen molar-refractivity contribution in [3.63, 3.8) is 0 Å². The van der Waals surface area contributed by atoms with Gasteiger partial charge in [-0.2, -0.15) is 0 Å². The topological polar surface area (TPSA) is 54.8 Å². The monoisotopic (exact) mass is 341 g/mol. The molecule has 128 valence electrons. The Morgan fingerprint density at radius 1 is 0.846 bits per heavy atom. The molecule has 5 heteroatoms. The van der Waals surface area contributed by atoms with E-state index in [1.807, 2.05) is 44.4 Å². The van der Waals surface area contributed by atoms with Gasteiger partial charge >= 0.3 is 0 Å². The minimum Gasteiger partial charge on any atom is -0.329 e. The van der Waals surface area contributed by atoms with Crippen molar-refractivity contribution in [1.82, 2.24) is 19.9 Å². The predicted molar refractivity (Wildman–Crippen MR) is 104 cm³/mol. The van der Waals surface area contributed by atoms with Crippen molar-refractivity contribution in [2.75, 3.05) is 11.9 Å². The summed E-state index contributed by atoms with van der Waals surface area (Å²) in [6.45, 7) is 1.94. The molecule has 0 saturated carbocycles. The lowest BCUT2D eigenvalue weighted by Crippen LogP contribution is -2.12. The summed E-state index contributed by atoms with van der Waals surface area (Å²) in [5.74, 6) is 0.896. The number of aromatic nitrogens is 4. The molecule has 0 bridgehead atoms. The fraction of sp³-hybridized carbons (Fsp3) is 0.143. The lowest BCUT2D eigenvalue weighted by molar-refractivity contribution is 1.00. The van der Waals surface area contributed by atoms with Crippen LogP contribution in [-0.2, 0) is 6.42 Å². The van der Waals surface area contributed by atoms with Crippen LogP contribution in [0.5, 0.6) is 0 Å². The van der Waals surface area contributed by atoms with E-state index in [0.717, 1.165) is 40.2 Å². The first kappa shape index (κ1) is 16.1. The first-order chi connectivity index (χ1) is 12.7. The Morgan fingerprint density at radius 2 is 1.65 bits per heavy atom. The molecule has 2 aromatic carbocycles. The number of benzene rings is 2. The molecule has 0 amide bonds. The molecule has 0 N–H and O–H groups in total. The van der Waals surface area contributed by atoms with E-state index >= 15 is 0 Å². The molecule has 0 saturated heterocycles. The van der Waals surface area contributed by atoms with E-state index in [4.69, 9.17) is 0 Å². The zero-order valence-electron chi connectivity index (χ0n) is 14.8. The molecule has 0 atom stereocenters. The Bertz CT molecular complexity index is 1020. The number of hydrogen-bond donors (Lipinski definition) is 0. The lowest BCUT2D eigenvalue weighted by Gasteiger charge is -2.20. The first-order valence-corrected chi connectivity index (χ1v) is 8.50. The average molecular weight is 341 g/mol. The third-order valence-electron chi connectivity index (χ3n) is 4.38. The van der Waals surface area contributed by atoms with Crippen LogP contribution < -0.4 is 4.90 Å². The average Bonchev–Trinajstić information content (AvgIpc) is 2.69. The number of nitrogens with zero attached hydrogens (tertiary/aromatic N) is 5. The van der Waals surface area contributed by atoms with Crippen LogP contribution in [0.3, 0.4) is 0 Å². The van der Waals surface area contributed by atoms with Gasteiger partial charge in [0.1, 0.15) is 12.1 Å². The van der Waals surface area contributed by atoms with Gasteiger partial charge in [0.25, 0.3) is 0 Å². The van der Waals surface area contributed by atoms with E-state index in [2.05, 4.69) is 49.1 Å². The summed E-state index contributed by atoms with van der Waals surface area (Å²) in [6.07, 6.45) is 6.02. The molecule has 2 aromatic heterocycles. The Kier molecular flexibility index (Phi) is 4.27. The van der Waals surface area contributed by atoms with Crippen LogP contribution in [0, 0.1) is 6.92 Å². The molecule has 2 heterocycles. The van der Waals surface area contributed by atoms with E-state index < -0.39 is 0 Å². The van der Waals surface area contributed by atoms with Crippen LogP contribution in [0.4, 0.5) is 11.5 Å². The highest BCUT2D eigenvalue weighted by Crippen LogP contribution is 2.28. The van der Waals surface area contributed by atoms with Crippen molar-refractivity contribution in [1.29, 1.82) is 0 Å². The third kappa shape index (κ3) is 3.24. The van der Waals surface area contributed by atoms with Gasteiger partial charge in [0, 0.05) is 36.9 Å². The van der Waals surface area contributed by atoms with Gasteiger partial charge in [-0.1, -0.05) is 24.3 Å². The number of hydrogen-bond acceptors (Lipinski definition) is 5. The second kappa shape index (κ2) is 6.88. The van der Waals surface area contributed by atoms with Gasteiger partial charge in [0.2, 0.25) is 0 Å². The summed E-state index contributed by atoms with van der Waals surface area (Å²) >= 11 is 0. The molecule has 5 nitrogen and oxygen atoms in total. The van der Waals surface area contributed by atoms with Crippen LogP contribution in [-0.4, -0.2) is 27.0 Å². The van der Waals surface area contributed by atoms with E-state index in [1.54, 1.807) is 12.5 Å². The number of anilines is 2. The Balaban J connectivity index is 1.58. The van der Waals surface area contributed by atoms with Gasteiger partial charge in [-0.3, -0.25) is 9.97 Å². The molecular formula is C21H19N5. The molecule has 26 heavy (non-hydrogen) atoms. The van der Waals surface area contributed by atoms with E-state index in [0.29, 0.717) is 0 Å². The Hall–Kier alpha value is -3.34. The van der Waals surface area contributed by atoms with Crippen molar-refractivity contribution in [2.24, 2.45) is 0 Å². The molecule has 0 spiro atoms. The highest BCUT2D eigenvalue weighted by Gasteiger charge is 2.10. The summed E-state index contributed by atoms with van der Waals surface area (Å²) < 4.78 is 0. The third-order valence-corrected chi connectivity index (χ3v) is 4.38. The SMILES string of the molecule is Cc1cnc(Cc2ccc(N(C)c3ncnc4ccccc34)cc2)cn1. The highest BCUT2D eigenvalue weighted by atomic mass is 15.2. The van der Waals surface area contributed by atoms with Crippen molar-refractivity contribution in [2.45, 2.75) is 13.3 Å². The van der Waals surface area contributed by atoms with Gasteiger partial charge in [0.05, 0.1) is 16.9 Å². The maximum atomic E-state index is 4.48. The van der Waals surface area contributed by atoms with E-state index in [1.165, 1.54) is 5.56 Å². The minimum absolute atomic E-state index is 0.772. The quantitative estimate of drug-likeness (QED) is 0.560. The van der Waals surface area contributed by atoms with Crippen molar-refractivity contribution >= 4 is 22.4 Å². The molecule has 4 aromatic rings. The van der Waals surface area contributed by atoms with E-state index in [-0.39, 0.29) is 0 Å². The fourth-order valence-electron chi connectivity index (χ4n) is 2.94. The molecule has 0 aliphatic rings. The summed E-state index contributed by atoms with van der Waals surface area (Å²) in [6, 6.07) is 16.5. The molecule has 0 unspecified atom stereocenters. The summed E-state index contributed by atoms with van der Waals surface area (Å²) in [5.41, 5.74) is 5.13. The minimum atomic E-state index is 0.772. The number of para-hydroxylation sites is 1. The van der Waals surface area contributed by atoms with Gasteiger partial charge in [-0.15, -0.1) is 0 Å². The molecule has 0 fully saturated rings. The predicted octanol–water partition coefficient (Wildman–Crippen LogP) is 4.09. The zero-order chi connectivity index (χ0) is 17.9. The second-order valence-corrected chi connectivity index (χ2v) is 6.27. The van der Waals surface area contributed by atoms with Crippen LogP contribution in [0.1, 0.15) is 17.0 Å². The van der Waals surface area contributed by atoms with Crippen LogP contribution in [0.25, 0.3) is 10.9 Å². The Labute approximate surface area is 152 Å². The van der Waals surface area contributed by atoms with E-state index in [9.17, 15) is 0 Å². The number of fused-ring (bicyclic) bond motifs is 1. The number of aryl methyl sites for hydroxylation is 1. The zero-order valence-corrected chi connectivity index (χ0v) is 14.8. The van der Waals surface area contributed by atoms with Gasteiger partial charge in [-0.25, -0.2) is 9.97 Å². The van der Waals surface area contributed by atoms with Crippen LogP contribution in [0.15, 0.2) is 67.3 Å². The normalized spacial score (nSPS) is 10.8.